The normalized spacial score (nSPS) is 37.0. The van der Waals surface area contributed by atoms with Crippen molar-refractivity contribution in [2.75, 3.05) is 7.11 Å². The first-order valence-electron chi connectivity index (χ1n) is 15.4. The minimum atomic E-state index is -2.37. The summed E-state index contributed by atoms with van der Waals surface area (Å²) in [5.74, 6) is -2.28. The van der Waals surface area contributed by atoms with Gasteiger partial charge in [-0.3, -0.25) is 4.79 Å². The van der Waals surface area contributed by atoms with Gasteiger partial charge in [0.2, 0.25) is 13.9 Å². The number of furan rings is 1. The van der Waals surface area contributed by atoms with Gasteiger partial charge in [0, 0.05) is 25.4 Å². The molecule has 0 amide bonds. The molecular formula is C31H46O11Si. The van der Waals surface area contributed by atoms with Crippen LogP contribution in [0.25, 0.3) is 0 Å². The van der Waals surface area contributed by atoms with E-state index in [-0.39, 0.29) is 42.1 Å². The summed E-state index contributed by atoms with van der Waals surface area (Å²) in [5, 5.41) is 22.6. The molecule has 0 aromatic carbocycles. The third-order valence-corrected chi connectivity index (χ3v) is 16.5. The number of rotatable bonds is 7. The van der Waals surface area contributed by atoms with Gasteiger partial charge in [0.15, 0.2) is 0 Å². The fraction of sp³-hybridized carbons (Fsp3) is 0.774. The monoisotopic (exact) mass is 622 g/mol. The maximum atomic E-state index is 13.4. The highest BCUT2D eigenvalue weighted by atomic mass is 28.4. The van der Waals surface area contributed by atoms with E-state index in [0.29, 0.717) is 28.8 Å². The largest absolute Gasteiger partial charge is 0.465 e. The lowest BCUT2D eigenvalue weighted by atomic mass is 9.65. The number of carbonyl (C=O) groups is 3. The Morgan fingerprint density at radius 2 is 1.72 bits per heavy atom. The van der Waals surface area contributed by atoms with Gasteiger partial charge < -0.3 is 38.0 Å². The van der Waals surface area contributed by atoms with E-state index in [1.165, 1.54) is 27.0 Å². The van der Waals surface area contributed by atoms with Crippen molar-refractivity contribution in [2.24, 2.45) is 5.92 Å². The molecule has 1 aliphatic carbocycles. The molecule has 1 saturated carbocycles. The Bertz CT molecular complexity index is 1250. The van der Waals surface area contributed by atoms with Gasteiger partial charge in [0.1, 0.15) is 41.5 Å². The lowest BCUT2D eigenvalue weighted by Crippen LogP contribution is -2.56. The second kappa shape index (κ2) is 11.0. The van der Waals surface area contributed by atoms with Crippen LogP contribution in [0.2, 0.25) is 16.6 Å². The van der Waals surface area contributed by atoms with Crippen molar-refractivity contribution in [3.63, 3.8) is 0 Å². The Balaban J connectivity index is 1.64. The van der Waals surface area contributed by atoms with E-state index >= 15 is 0 Å². The van der Waals surface area contributed by atoms with Gasteiger partial charge >= 0.3 is 17.9 Å². The molecule has 11 nitrogen and oxygen atoms in total. The van der Waals surface area contributed by atoms with E-state index in [0.717, 1.165) is 0 Å². The summed E-state index contributed by atoms with van der Waals surface area (Å²) in [7, 11) is -1.10. The number of carbonyl (C=O) groups excluding carboxylic acids is 3. The van der Waals surface area contributed by atoms with E-state index in [1.807, 2.05) is 0 Å². The number of aliphatic hydroxyl groups is 2. The molecule has 0 spiro atoms. The van der Waals surface area contributed by atoms with E-state index in [9.17, 15) is 24.6 Å². The molecular weight excluding hydrogens is 576 g/mol. The zero-order valence-corrected chi connectivity index (χ0v) is 27.5. The molecule has 0 unspecified atom stereocenters. The highest BCUT2D eigenvalue weighted by molar-refractivity contribution is 6.77. The summed E-state index contributed by atoms with van der Waals surface area (Å²) in [6.45, 7) is 15.9. The molecule has 3 fully saturated rings. The maximum Gasteiger partial charge on any atom is 0.345 e. The first-order valence-corrected chi connectivity index (χ1v) is 17.5. The number of fused-ring (bicyclic) bond motifs is 4. The third kappa shape index (κ3) is 4.97. The van der Waals surface area contributed by atoms with E-state index in [1.54, 1.807) is 0 Å². The summed E-state index contributed by atoms with van der Waals surface area (Å²) >= 11 is 0. The molecule has 1 aromatic rings. The lowest BCUT2D eigenvalue weighted by molar-refractivity contribution is -0.171. The first kappa shape index (κ1) is 32.1. The van der Waals surface area contributed by atoms with Crippen molar-refractivity contribution in [3.8, 4) is 0 Å². The molecule has 0 radical (unpaired) electrons. The molecule has 4 aliphatic rings. The summed E-state index contributed by atoms with van der Waals surface area (Å²) in [6.07, 6.45) is -3.94. The number of aliphatic hydroxyl groups excluding tert-OH is 1. The van der Waals surface area contributed by atoms with Crippen molar-refractivity contribution in [1.29, 1.82) is 0 Å². The quantitative estimate of drug-likeness (QED) is 0.194. The molecule has 4 heterocycles. The molecule has 9 atom stereocenters. The molecule has 240 valence electrons. The molecule has 2 N–H and O–H groups in total. The van der Waals surface area contributed by atoms with Gasteiger partial charge in [-0.15, -0.1) is 0 Å². The van der Waals surface area contributed by atoms with Crippen LogP contribution in [-0.4, -0.2) is 79.2 Å². The van der Waals surface area contributed by atoms with Crippen LogP contribution in [0.1, 0.15) is 109 Å². The van der Waals surface area contributed by atoms with Gasteiger partial charge in [-0.2, -0.15) is 0 Å². The zero-order valence-electron chi connectivity index (χ0n) is 26.5. The SMILES string of the molecule is COC(=O)c1cc2oc1[C@H]1C[C@H](O[Si](C(C)C)(C(C)C)C(C)C)[C@@H]1C[C@@H](OC(C)=O)[C@]13O[C@H]1[C@H](C[C@](C)(O)[C@H]2O)OC3=O. The second-order valence-electron chi connectivity index (χ2n) is 14.0. The van der Waals surface area contributed by atoms with Crippen LogP contribution in [-0.2, 0) is 33.0 Å². The van der Waals surface area contributed by atoms with Gasteiger partial charge in [0.25, 0.3) is 0 Å². The average molecular weight is 623 g/mol. The Labute approximate surface area is 253 Å². The van der Waals surface area contributed by atoms with E-state index in [4.69, 9.17) is 27.8 Å². The second-order valence-corrected chi connectivity index (χ2v) is 19.4. The van der Waals surface area contributed by atoms with Crippen LogP contribution in [0.5, 0.6) is 0 Å². The minimum Gasteiger partial charge on any atom is -0.465 e. The third-order valence-electron chi connectivity index (χ3n) is 10.4. The van der Waals surface area contributed by atoms with Gasteiger partial charge in [0.05, 0.1) is 12.7 Å². The zero-order chi connectivity index (χ0) is 31.8. The Hall–Kier alpha value is -2.25. The standard InChI is InChI=1S/C31H46O11Si/c1-14(2)43(15(3)4,16(5)6)42-21-10-19-18(21)12-24(38-17(7)32)31-27(41-31)23(40-29(31)35)13-30(8,36)26(33)22-11-20(25(19)39-22)28(34)37-9/h11,14-16,18-19,21,23-24,26-27,33,36H,10,12-13H2,1-9H3/t18-,19+,21+,23+,24-,26+,27+,30+,31+/m1/s1. The first-order chi connectivity index (χ1) is 20.0. The molecule has 5 rings (SSSR count). The minimum absolute atomic E-state index is 0.00173. The number of hydrogen-bond acceptors (Lipinski definition) is 11. The maximum absolute atomic E-state index is 13.4. The predicted octanol–water partition coefficient (Wildman–Crippen LogP) is 4.30. The summed E-state index contributed by atoms with van der Waals surface area (Å²) in [6, 6.07) is 1.41. The Morgan fingerprint density at radius 1 is 1.09 bits per heavy atom. The molecule has 12 heteroatoms. The summed E-state index contributed by atoms with van der Waals surface area (Å²) in [4.78, 5) is 38.7. The van der Waals surface area contributed by atoms with Crippen molar-refractivity contribution in [2.45, 2.75) is 139 Å². The number of esters is 3. The molecule has 43 heavy (non-hydrogen) atoms. The van der Waals surface area contributed by atoms with Gasteiger partial charge in [-0.25, -0.2) is 9.59 Å². The summed E-state index contributed by atoms with van der Waals surface area (Å²) in [5.41, 5.74) is -2.26. The van der Waals surface area contributed by atoms with Gasteiger partial charge in [-0.05, 0) is 48.4 Å². The van der Waals surface area contributed by atoms with Gasteiger partial charge in [-0.1, -0.05) is 41.5 Å². The molecule has 3 aliphatic heterocycles. The van der Waals surface area contributed by atoms with Crippen LogP contribution in [0.15, 0.2) is 10.5 Å². The van der Waals surface area contributed by atoms with E-state index in [2.05, 4.69) is 41.5 Å². The highest BCUT2D eigenvalue weighted by Crippen LogP contribution is 2.59. The topological polar surface area (TPSA) is 154 Å². The predicted molar refractivity (Wildman–Crippen MR) is 155 cm³/mol. The van der Waals surface area contributed by atoms with E-state index < -0.39 is 61.8 Å². The van der Waals surface area contributed by atoms with Crippen LogP contribution < -0.4 is 0 Å². The lowest BCUT2D eigenvalue weighted by Gasteiger charge is -2.52. The fourth-order valence-electron chi connectivity index (χ4n) is 8.30. The van der Waals surface area contributed by atoms with Crippen LogP contribution in [0, 0.1) is 5.92 Å². The van der Waals surface area contributed by atoms with Crippen LogP contribution in [0.4, 0.5) is 0 Å². The number of epoxide rings is 1. The smallest absolute Gasteiger partial charge is 0.345 e. The highest BCUT2D eigenvalue weighted by Gasteiger charge is 2.78. The Kier molecular flexibility index (Phi) is 8.20. The van der Waals surface area contributed by atoms with Crippen molar-refractivity contribution < 1.29 is 52.4 Å². The number of ether oxygens (including phenoxy) is 4. The van der Waals surface area contributed by atoms with Crippen molar-refractivity contribution in [3.05, 3.63) is 23.2 Å². The number of hydrogen-bond donors (Lipinski definition) is 2. The molecule has 2 saturated heterocycles. The summed E-state index contributed by atoms with van der Waals surface area (Å²) < 4.78 is 35.9. The van der Waals surface area contributed by atoms with Crippen LogP contribution in [0.3, 0.4) is 0 Å². The van der Waals surface area contributed by atoms with Crippen molar-refractivity contribution in [1.82, 2.24) is 0 Å². The number of methoxy groups -OCH3 is 1. The fourth-order valence-corrected chi connectivity index (χ4v) is 13.9. The molecule has 1 aromatic heterocycles. The molecule has 4 bridgehead atoms. The average Bonchev–Trinajstić information content (AvgIpc) is 3.43. The van der Waals surface area contributed by atoms with Crippen molar-refractivity contribution >= 4 is 26.2 Å². The van der Waals surface area contributed by atoms with Crippen LogP contribution >= 0.6 is 0 Å². The Morgan fingerprint density at radius 3 is 2.26 bits per heavy atom.